The fourth-order valence-corrected chi connectivity index (χ4v) is 3.74. The molecule has 2 N–H and O–H groups in total. The summed E-state index contributed by atoms with van der Waals surface area (Å²) in [7, 11) is 0. The van der Waals surface area contributed by atoms with Crippen LogP contribution in [0.4, 0.5) is 0 Å². The minimum atomic E-state index is -0.326. The third-order valence-electron chi connectivity index (χ3n) is 5.27. The van der Waals surface area contributed by atoms with E-state index in [1.54, 1.807) is 6.33 Å². The van der Waals surface area contributed by atoms with Crippen molar-refractivity contribution in [2.75, 3.05) is 0 Å². The number of fused-ring (bicyclic) bond motifs is 1. The molecule has 1 aromatic heterocycles. The molecule has 28 heavy (non-hydrogen) atoms. The number of nitrogens with zero attached hydrogens (tertiary/aromatic N) is 4. The second-order valence-corrected chi connectivity index (χ2v) is 7.12. The maximum atomic E-state index is 12.1. The molecule has 2 heterocycles. The summed E-state index contributed by atoms with van der Waals surface area (Å²) >= 11 is 0. The Morgan fingerprint density at radius 2 is 1.89 bits per heavy atom. The van der Waals surface area contributed by atoms with Crippen LogP contribution in [0.25, 0.3) is 0 Å². The van der Waals surface area contributed by atoms with Crippen LogP contribution in [0.1, 0.15) is 27.9 Å². The molecule has 3 aromatic rings. The van der Waals surface area contributed by atoms with Crippen molar-refractivity contribution in [3.63, 3.8) is 0 Å². The lowest BCUT2D eigenvalue weighted by Crippen LogP contribution is -2.48. The molecule has 1 aliphatic heterocycles. The van der Waals surface area contributed by atoms with Gasteiger partial charge in [-0.1, -0.05) is 36.4 Å². The van der Waals surface area contributed by atoms with Gasteiger partial charge in [-0.25, -0.2) is 4.98 Å². The number of primary amides is 1. The molecule has 6 nitrogen and oxygen atoms in total. The quantitative estimate of drug-likeness (QED) is 0.745. The molecule has 0 bridgehead atoms. The molecule has 6 heteroatoms. The molecule has 0 radical (unpaired) electrons. The zero-order valence-electron chi connectivity index (χ0n) is 15.5. The average Bonchev–Trinajstić information content (AvgIpc) is 3.14. The van der Waals surface area contributed by atoms with Gasteiger partial charge in [0.2, 0.25) is 5.91 Å². The number of carbonyl (C=O) groups is 1. The summed E-state index contributed by atoms with van der Waals surface area (Å²) in [5.74, 6) is -0.298. The highest BCUT2D eigenvalue weighted by atomic mass is 16.1. The summed E-state index contributed by atoms with van der Waals surface area (Å²) in [5.41, 5.74) is 10.9. The zero-order chi connectivity index (χ0) is 19.5. The topological polar surface area (TPSA) is 87.9 Å². The number of imidazole rings is 1. The van der Waals surface area contributed by atoms with Crippen LogP contribution < -0.4 is 5.73 Å². The van der Waals surface area contributed by atoms with Crippen LogP contribution in [0.2, 0.25) is 0 Å². The third-order valence-corrected chi connectivity index (χ3v) is 5.27. The molecule has 0 spiro atoms. The maximum absolute atomic E-state index is 12.1. The molecule has 1 aliphatic rings. The van der Waals surface area contributed by atoms with Crippen LogP contribution in [0, 0.1) is 11.3 Å². The predicted octanol–water partition coefficient (Wildman–Crippen LogP) is 2.22. The van der Waals surface area contributed by atoms with Gasteiger partial charge in [-0.15, -0.1) is 0 Å². The van der Waals surface area contributed by atoms with Gasteiger partial charge in [0.1, 0.15) is 0 Å². The van der Waals surface area contributed by atoms with Gasteiger partial charge in [0.15, 0.2) is 0 Å². The normalized spacial score (nSPS) is 16.3. The van der Waals surface area contributed by atoms with Gasteiger partial charge < -0.3 is 10.3 Å². The summed E-state index contributed by atoms with van der Waals surface area (Å²) in [6, 6.07) is 17.5. The molecule has 2 aromatic carbocycles. The number of rotatable bonds is 5. The highest BCUT2D eigenvalue weighted by Gasteiger charge is 2.30. The van der Waals surface area contributed by atoms with E-state index in [1.165, 1.54) is 11.1 Å². The highest BCUT2D eigenvalue weighted by Crippen LogP contribution is 2.25. The Hall–Kier alpha value is -3.43. The summed E-state index contributed by atoms with van der Waals surface area (Å²) in [5, 5.41) is 8.94. The number of nitriles is 1. The number of carbonyl (C=O) groups excluding carboxylic acids is 1. The van der Waals surface area contributed by atoms with E-state index < -0.39 is 0 Å². The first kappa shape index (κ1) is 18.0. The van der Waals surface area contributed by atoms with Gasteiger partial charge in [-0.2, -0.15) is 5.26 Å². The van der Waals surface area contributed by atoms with E-state index in [2.05, 4.69) is 32.7 Å². The largest absolute Gasteiger partial charge is 0.368 e. The van der Waals surface area contributed by atoms with Crippen LogP contribution in [0.5, 0.6) is 0 Å². The van der Waals surface area contributed by atoms with Gasteiger partial charge >= 0.3 is 0 Å². The van der Waals surface area contributed by atoms with Crippen molar-refractivity contribution < 1.29 is 4.79 Å². The van der Waals surface area contributed by atoms with Crippen molar-refractivity contribution in [2.45, 2.75) is 32.1 Å². The smallest absolute Gasteiger partial charge is 0.235 e. The molecule has 1 amide bonds. The number of hydrogen-bond acceptors (Lipinski definition) is 4. The van der Waals surface area contributed by atoms with E-state index >= 15 is 0 Å². The first-order valence-corrected chi connectivity index (χ1v) is 9.22. The summed E-state index contributed by atoms with van der Waals surface area (Å²) in [6.45, 7) is 1.94. The SMILES string of the molecule is N#Cc1ccc(Cn2cncc2CN2Cc3ccccc3C[C@H]2C(N)=O)cc1. The standard InChI is InChI=1S/C22H21N5O/c23-10-16-5-7-17(8-6-16)12-27-15-25-11-20(27)14-26-13-19-4-2-1-3-18(19)9-21(26)22(24)28/h1-8,11,15,21H,9,12-14H2,(H2,24,28)/t21-/m0/s1. The second-order valence-electron chi connectivity index (χ2n) is 7.12. The van der Waals surface area contributed by atoms with Gasteiger partial charge in [-0.05, 0) is 35.2 Å². The lowest BCUT2D eigenvalue weighted by atomic mass is 9.93. The Labute approximate surface area is 163 Å². The van der Waals surface area contributed by atoms with E-state index in [0.29, 0.717) is 31.6 Å². The predicted molar refractivity (Wildman–Crippen MR) is 105 cm³/mol. The molecular weight excluding hydrogens is 350 g/mol. The number of hydrogen-bond donors (Lipinski definition) is 1. The van der Waals surface area contributed by atoms with Gasteiger partial charge in [0.25, 0.3) is 0 Å². The van der Waals surface area contributed by atoms with Gasteiger partial charge in [0, 0.05) is 25.8 Å². The van der Waals surface area contributed by atoms with Crippen molar-refractivity contribution >= 4 is 5.91 Å². The molecule has 0 aliphatic carbocycles. The van der Waals surface area contributed by atoms with Crippen LogP contribution in [0.15, 0.2) is 61.1 Å². The minimum Gasteiger partial charge on any atom is -0.368 e. The van der Waals surface area contributed by atoms with Crippen LogP contribution in [-0.2, 0) is 30.8 Å². The lowest BCUT2D eigenvalue weighted by molar-refractivity contribution is -0.124. The first-order valence-electron chi connectivity index (χ1n) is 9.22. The van der Waals surface area contributed by atoms with Gasteiger partial charge in [0.05, 0.1) is 29.7 Å². The van der Waals surface area contributed by atoms with Crippen molar-refractivity contribution in [1.82, 2.24) is 14.5 Å². The molecule has 0 unspecified atom stereocenters. The van der Waals surface area contributed by atoms with Crippen molar-refractivity contribution in [2.24, 2.45) is 5.73 Å². The van der Waals surface area contributed by atoms with E-state index in [-0.39, 0.29) is 11.9 Å². The Morgan fingerprint density at radius 3 is 2.61 bits per heavy atom. The Bertz CT molecular complexity index is 1030. The number of nitrogens with two attached hydrogens (primary N) is 1. The third kappa shape index (κ3) is 3.66. The second kappa shape index (κ2) is 7.67. The van der Waals surface area contributed by atoms with Crippen molar-refractivity contribution in [1.29, 1.82) is 5.26 Å². The van der Waals surface area contributed by atoms with E-state index in [9.17, 15) is 4.79 Å². The highest BCUT2D eigenvalue weighted by molar-refractivity contribution is 5.80. The maximum Gasteiger partial charge on any atom is 0.235 e. The summed E-state index contributed by atoms with van der Waals surface area (Å²) in [4.78, 5) is 18.5. The number of amides is 1. The fourth-order valence-electron chi connectivity index (χ4n) is 3.74. The lowest BCUT2D eigenvalue weighted by Gasteiger charge is -2.35. The zero-order valence-corrected chi connectivity index (χ0v) is 15.5. The average molecular weight is 371 g/mol. The summed E-state index contributed by atoms with van der Waals surface area (Å²) in [6.07, 6.45) is 4.27. The van der Waals surface area contributed by atoms with Crippen LogP contribution in [0.3, 0.4) is 0 Å². The Kier molecular flexibility index (Phi) is 4.92. The van der Waals surface area contributed by atoms with Crippen LogP contribution >= 0.6 is 0 Å². The first-order chi connectivity index (χ1) is 13.6. The molecule has 140 valence electrons. The molecule has 0 saturated heterocycles. The molecule has 1 atom stereocenters. The molecule has 0 fully saturated rings. The monoisotopic (exact) mass is 371 g/mol. The molecule has 0 saturated carbocycles. The Morgan fingerprint density at radius 1 is 1.14 bits per heavy atom. The minimum absolute atomic E-state index is 0.298. The summed E-state index contributed by atoms with van der Waals surface area (Å²) < 4.78 is 2.07. The van der Waals surface area contributed by atoms with E-state index in [1.807, 2.05) is 42.6 Å². The fraction of sp³-hybridized carbons (Fsp3) is 0.227. The number of benzene rings is 2. The van der Waals surface area contributed by atoms with E-state index in [4.69, 9.17) is 11.0 Å². The molecular formula is C22H21N5O. The Balaban J connectivity index is 1.54. The van der Waals surface area contributed by atoms with Crippen LogP contribution in [-0.4, -0.2) is 26.4 Å². The van der Waals surface area contributed by atoms with Gasteiger partial charge in [-0.3, -0.25) is 9.69 Å². The van der Waals surface area contributed by atoms with Crippen molar-refractivity contribution in [3.8, 4) is 6.07 Å². The molecule has 4 rings (SSSR count). The van der Waals surface area contributed by atoms with E-state index in [0.717, 1.165) is 11.3 Å². The number of aromatic nitrogens is 2. The van der Waals surface area contributed by atoms with Crippen molar-refractivity contribution in [3.05, 3.63) is 89.0 Å².